The molecule has 0 spiro atoms. The van der Waals surface area contributed by atoms with Crippen molar-refractivity contribution in [3.63, 3.8) is 0 Å². The summed E-state index contributed by atoms with van der Waals surface area (Å²) in [5.41, 5.74) is 3.76. The fraction of sp³-hybridized carbons (Fsp3) is 0. The van der Waals surface area contributed by atoms with Crippen LogP contribution in [0.5, 0.6) is 0 Å². The number of nitrogens with one attached hydrogen (secondary N) is 2. The van der Waals surface area contributed by atoms with E-state index in [0.717, 1.165) is 15.7 Å². The van der Waals surface area contributed by atoms with Gasteiger partial charge in [-0.15, -0.1) is 9.74 Å². The summed E-state index contributed by atoms with van der Waals surface area (Å²) in [5, 5.41) is 9.62. The Morgan fingerprint density at radius 1 is 1.11 bits per heavy atom. The average Bonchev–Trinajstić information content (AvgIpc) is 2.37. The number of hydrazone groups is 1. The highest BCUT2D eigenvalue weighted by Crippen LogP contribution is 2.20. The van der Waals surface area contributed by atoms with Crippen LogP contribution in [0.4, 0.5) is 5.69 Å². The fourth-order valence-electron chi connectivity index (χ4n) is 1.88. The van der Waals surface area contributed by atoms with Crippen LogP contribution in [0.1, 0.15) is 0 Å². The molecule has 1 aliphatic rings. The molecular formula is C13H10Cl2N4. The van der Waals surface area contributed by atoms with Crippen molar-refractivity contribution in [3.8, 4) is 0 Å². The van der Waals surface area contributed by atoms with Crippen molar-refractivity contribution in [2.75, 3.05) is 5.32 Å². The first-order chi connectivity index (χ1) is 9.20. The summed E-state index contributed by atoms with van der Waals surface area (Å²) >= 11 is 11.6. The number of hydrazine groups is 1. The van der Waals surface area contributed by atoms with E-state index in [1.807, 2.05) is 18.2 Å². The molecule has 96 valence electrons. The minimum atomic E-state index is 0.303. The van der Waals surface area contributed by atoms with Crippen LogP contribution in [0.15, 0.2) is 59.5 Å². The Balaban J connectivity index is 1.87. The molecule has 0 fully saturated rings. The van der Waals surface area contributed by atoms with E-state index in [1.54, 1.807) is 6.08 Å². The van der Waals surface area contributed by atoms with Gasteiger partial charge in [-0.2, -0.15) is 0 Å². The SMILES string of the molecule is ClC1=NN(Cl)NC(Nc2ccc3ccccc3c2)=C1. The van der Waals surface area contributed by atoms with Gasteiger partial charge in [0.15, 0.2) is 5.17 Å². The van der Waals surface area contributed by atoms with Crippen molar-refractivity contribution in [3.05, 3.63) is 54.4 Å². The van der Waals surface area contributed by atoms with E-state index >= 15 is 0 Å². The summed E-state index contributed by atoms with van der Waals surface area (Å²) in [5.74, 6) is 0.658. The normalized spacial score (nSPS) is 14.7. The molecule has 0 unspecified atom stereocenters. The van der Waals surface area contributed by atoms with Gasteiger partial charge in [0.1, 0.15) is 5.82 Å². The number of halogens is 2. The highest BCUT2D eigenvalue weighted by Gasteiger charge is 2.09. The van der Waals surface area contributed by atoms with Gasteiger partial charge in [0, 0.05) is 11.8 Å². The Bertz CT molecular complexity index is 681. The van der Waals surface area contributed by atoms with Gasteiger partial charge in [-0.05, 0) is 22.9 Å². The quantitative estimate of drug-likeness (QED) is 0.831. The van der Waals surface area contributed by atoms with E-state index in [9.17, 15) is 0 Å². The highest BCUT2D eigenvalue weighted by atomic mass is 35.5. The van der Waals surface area contributed by atoms with E-state index in [1.165, 1.54) is 5.39 Å². The summed E-state index contributed by atoms with van der Waals surface area (Å²) < 4.78 is 1.03. The molecule has 0 bridgehead atoms. The molecule has 0 atom stereocenters. The number of benzene rings is 2. The second-order valence-corrected chi connectivity index (χ2v) is 4.75. The van der Waals surface area contributed by atoms with Gasteiger partial charge in [0.25, 0.3) is 0 Å². The molecule has 2 aromatic rings. The summed E-state index contributed by atoms with van der Waals surface area (Å²) in [4.78, 5) is 0. The summed E-state index contributed by atoms with van der Waals surface area (Å²) in [6.07, 6.45) is 1.66. The minimum absolute atomic E-state index is 0.303. The van der Waals surface area contributed by atoms with Crippen LogP contribution >= 0.6 is 23.4 Å². The number of allylic oxidation sites excluding steroid dienone is 1. The molecule has 1 aliphatic heterocycles. The average molecular weight is 293 g/mol. The lowest BCUT2D eigenvalue weighted by Crippen LogP contribution is -2.32. The van der Waals surface area contributed by atoms with Crippen molar-refractivity contribution in [2.45, 2.75) is 0 Å². The number of nitrogens with zero attached hydrogens (tertiary/aromatic N) is 2. The molecule has 0 aliphatic carbocycles. The Hall–Kier alpha value is -1.91. The Labute approximate surface area is 120 Å². The third-order valence-corrected chi connectivity index (χ3v) is 3.03. The van der Waals surface area contributed by atoms with Crippen molar-refractivity contribution < 1.29 is 0 Å². The van der Waals surface area contributed by atoms with Crippen LogP contribution in [-0.2, 0) is 0 Å². The number of hydrogen-bond acceptors (Lipinski definition) is 4. The first-order valence-electron chi connectivity index (χ1n) is 5.65. The fourth-order valence-corrected chi connectivity index (χ4v) is 2.27. The van der Waals surface area contributed by atoms with E-state index in [0.29, 0.717) is 11.0 Å². The molecule has 19 heavy (non-hydrogen) atoms. The molecule has 0 saturated heterocycles. The molecule has 0 amide bonds. The van der Waals surface area contributed by atoms with Gasteiger partial charge < -0.3 is 5.32 Å². The van der Waals surface area contributed by atoms with Crippen LogP contribution in [0.25, 0.3) is 10.8 Å². The van der Waals surface area contributed by atoms with Crippen molar-refractivity contribution in [1.82, 2.24) is 10.1 Å². The predicted octanol–water partition coefficient (Wildman–Crippen LogP) is 3.62. The van der Waals surface area contributed by atoms with Crippen LogP contribution in [0, 0.1) is 0 Å². The second kappa shape index (κ2) is 4.99. The van der Waals surface area contributed by atoms with E-state index in [2.05, 4.69) is 40.1 Å². The smallest absolute Gasteiger partial charge is 0.156 e. The predicted molar refractivity (Wildman–Crippen MR) is 79.8 cm³/mol. The van der Waals surface area contributed by atoms with Gasteiger partial charge in [-0.25, -0.2) is 0 Å². The third kappa shape index (κ3) is 2.75. The lowest BCUT2D eigenvalue weighted by molar-refractivity contribution is 0.396. The van der Waals surface area contributed by atoms with Crippen molar-refractivity contribution in [2.24, 2.45) is 5.10 Å². The molecule has 0 aromatic heterocycles. The molecule has 3 rings (SSSR count). The molecule has 0 radical (unpaired) electrons. The maximum Gasteiger partial charge on any atom is 0.156 e. The van der Waals surface area contributed by atoms with Gasteiger partial charge in [-0.1, -0.05) is 41.9 Å². The Morgan fingerprint density at radius 2 is 1.89 bits per heavy atom. The lowest BCUT2D eigenvalue weighted by Gasteiger charge is -2.20. The van der Waals surface area contributed by atoms with Crippen LogP contribution in [0.3, 0.4) is 0 Å². The maximum atomic E-state index is 5.84. The highest BCUT2D eigenvalue weighted by molar-refractivity contribution is 6.68. The molecule has 0 saturated carbocycles. The van der Waals surface area contributed by atoms with Crippen LogP contribution < -0.4 is 10.7 Å². The summed E-state index contributed by atoms with van der Waals surface area (Å²) in [6.45, 7) is 0. The standard InChI is InChI=1S/C13H10Cl2N4/c14-12-8-13(18-19(15)17-12)16-11-6-5-9-3-1-2-4-10(9)7-11/h1-8,16,18H. The topological polar surface area (TPSA) is 39.7 Å². The molecular weight excluding hydrogens is 283 g/mol. The molecule has 6 heteroatoms. The van der Waals surface area contributed by atoms with E-state index < -0.39 is 0 Å². The zero-order chi connectivity index (χ0) is 13.2. The Kier molecular flexibility index (Phi) is 3.19. The van der Waals surface area contributed by atoms with Crippen molar-refractivity contribution >= 4 is 45.0 Å². The van der Waals surface area contributed by atoms with Gasteiger partial charge in [0.05, 0.1) is 11.8 Å². The molecule has 4 nitrogen and oxygen atoms in total. The number of anilines is 1. The lowest BCUT2D eigenvalue weighted by atomic mass is 10.1. The number of rotatable bonds is 2. The minimum Gasteiger partial charge on any atom is -0.341 e. The third-order valence-electron chi connectivity index (χ3n) is 2.69. The zero-order valence-electron chi connectivity index (χ0n) is 9.77. The first kappa shape index (κ1) is 12.1. The van der Waals surface area contributed by atoms with E-state index in [4.69, 9.17) is 23.4 Å². The first-order valence-corrected chi connectivity index (χ1v) is 6.36. The Morgan fingerprint density at radius 3 is 2.68 bits per heavy atom. The summed E-state index contributed by atoms with van der Waals surface area (Å²) in [7, 11) is 0. The molecule has 2 N–H and O–H groups in total. The number of hydrogen-bond donors (Lipinski definition) is 2. The van der Waals surface area contributed by atoms with Crippen LogP contribution in [-0.4, -0.2) is 9.81 Å². The van der Waals surface area contributed by atoms with Gasteiger partial charge >= 0.3 is 0 Å². The molecule has 2 aromatic carbocycles. The summed E-state index contributed by atoms with van der Waals surface area (Å²) in [6, 6.07) is 14.2. The monoisotopic (exact) mass is 292 g/mol. The molecule has 1 heterocycles. The largest absolute Gasteiger partial charge is 0.341 e. The van der Waals surface area contributed by atoms with Gasteiger partial charge in [0.2, 0.25) is 0 Å². The zero-order valence-corrected chi connectivity index (χ0v) is 11.3. The van der Waals surface area contributed by atoms with E-state index in [-0.39, 0.29) is 0 Å². The van der Waals surface area contributed by atoms with Crippen LogP contribution in [0.2, 0.25) is 0 Å². The van der Waals surface area contributed by atoms with Gasteiger partial charge in [-0.3, -0.25) is 5.43 Å². The maximum absolute atomic E-state index is 5.84. The van der Waals surface area contributed by atoms with Crippen molar-refractivity contribution in [1.29, 1.82) is 0 Å². The second-order valence-electron chi connectivity index (χ2n) is 4.04. The number of fused-ring (bicyclic) bond motifs is 1.